The van der Waals surface area contributed by atoms with Crippen LogP contribution < -0.4 is 0 Å². The quantitative estimate of drug-likeness (QED) is 0.206. The second kappa shape index (κ2) is 9.17. The molecule has 0 spiro atoms. The molecule has 0 unspecified atom stereocenters. The van der Waals surface area contributed by atoms with Crippen LogP contribution in [0.25, 0.3) is 80.7 Å². The van der Waals surface area contributed by atoms with Crippen LogP contribution in [0.1, 0.15) is 0 Å². The van der Waals surface area contributed by atoms with Crippen LogP contribution in [0.4, 0.5) is 0 Å². The average molecular weight is 552 g/mol. The molecule has 0 aliphatic rings. The van der Waals surface area contributed by atoms with Crippen LogP contribution in [0.2, 0.25) is 0 Å². The van der Waals surface area contributed by atoms with Crippen molar-refractivity contribution in [2.45, 2.75) is 0 Å². The van der Waals surface area contributed by atoms with Gasteiger partial charge in [-0.05, 0) is 57.3 Å². The Hall–Kier alpha value is -5.18. The van der Waals surface area contributed by atoms with Crippen molar-refractivity contribution in [1.82, 2.24) is 4.57 Å². The molecule has 0 bridgehead atoms. The molecule has 1 nitrogen and oxygen atoms in total. The van der Waals surface area contributed by atoms with E-state index in [1.165, 1.54) is 80.7 Å². The smallest absolute Gasteiger partial charge is 0.0726 e. The van der Waals surface area contributed by atoms with Crippen LogP contribution in [-0.2, 0) is 0 Å². The van der Waals surface area contributed by atoms with Gasteiger partial charge in [0.15, 0.2) is 0 Å². The Balaban J connectivity index is 1.41. The zero-order chi connectivity index (χ0) is 27.6. The van der Waals surface area contributed by atoms with E-state index in [0.717, 1.165) is 0 Å². The van der Waals surface area contributed by atoms with E-state index >= 15 is 0 Å². The highest BCUT2D eigenvalue weighted by Gasteiger charge is 2.21. The Bertz CT molecular complexity index is 2460. The van der Waals surface area contributed by atoms with Crippen LogP contribution in [0.15, 0.2) is 152 Å². The summed E-state index contributed by atoms with van der Waals surface area (Å²) >= 11 is 1.91. The van der Waals surface area contributed by atoms with Gasteiger partial charge in [0.1, 0.15) is 0 Å². The summed E-state index contributed by atoms with van der Waals surface area (Å²) in [7, 11) is 0. The Morgan fingerprint density at radius 1 is 0.429 bits per heavy atom. The lowest BCUT2D eigenvalue weighted by Crippen LogP contribution is -1.95. The maximum absolute atomic E-state index is 2.50. The number of fused-ring (bicyclic) bond motifs is 10. The van der Waals surface area contributed by atoms with Crippen LogP contribution >= 0.6 is 11.3 Å². The van der Waals surface area contributed by atoms with Gasteiger partial charge in [0.2, 0.25) is 0 Å². The molecular formula is C40H25NS. The summed E-state index contributed by atoms with van der Waals surface area (Å²) in [5.74, 6) is 0. The molecule has 0 radical (unpaired) electrons. The summed E-state index contributed by atoms with van der Waals surface area (Å²) in [5.41, 5.74) is 8.63. The van der Waals surface area contributed by atoms with E-state index in [-0.39, 0.29) is 0 Å². The van der Waals surface area contributed by atoms with Gasteiger partial charge >= 0.3 is 0 Å². The van der Waals surface area contributed by atoms with Crippen LogP contribution in [0, 0.1) is 0 Å². The van der Waals surface area contributed by atoms with Gasteiger partial charge in [-0.3, -0.25) is 0 Å². The molecule has 0 N–H and O–H groups in total. The van der Waals surface area contributed by atoms with Crippen molar-refractivity contribution in [2.24, 2.45) is 0 Å². The first kappa shape index (κ1) is 23.5. The molecular weight excluding hydrogens is 527 g/mol. The molecule has 0 saturated heterocycles. The fraction of sp³-hybridized carbons (Fsp3) is 0. The first-order valence-electron chi connectivity index (χ1n) is 14.4. The summed E-state index contributed by atoms with van der Waals surface area (Å²) in [6.45, 7) is 0. The number of rotatable bonds is 3. The topological polar surface area (TPSA) is 4.93 Å². The normalized spacial score (nSPS) is 11.8. The molecule has 2 heterocycles. The van der Waals surface area contributed by atoms with Crippen LogP contribution in [0.3, 0.4) is 0 Å². The van der Waals surface area contributed by atoms with E-state index in [1.54, 1.807) is 0 Å². The number of thiophene rings is 1. The van der Waals surface area contributed by atoms with Crippen molar-refractivity contribution in [3.63, 3.8) is 0 Å². The minimum absolute atomic E-state index is 1.18. The number of benzene rings is 7. The van der Waals surface area contributed by atoms with Gasteiger partial charge in [-0.1, -0.05) is 127 Å². The summed E-state index contributed by atoms with van der Waals surface area (Å²) in [4.78, 5) is 0. The van der Waals surface area contributed by atoms with Gasteiger partial charge in [0.05, 0.1) is 15.7 Å². The lowest BCUT2D eigenvalue weighted by molar-refractivity contribution is 1.19. The van der Waals surface area contributed by atoms with Crippen molar-refractivity contribution >= 4 is 64.1 Å². The number of aromatic nitrogens is 1. The van der Waals surface area contributed by atoms with E-state index < -0.39 is 0 Å². The minimum atomic E-state index is 1.18. The van der Waals surface area contributed by atoms with Crippen molar-refractivity contribution in [2.75, 3.05) is 0 Å². The highest BCUT2D eigenvalue weighted by Crippen LogP contribution is 2.48. The van der Waals surface area contributed by atoms with Gasteiger partial charge in [0.25, 0.3) is 0 Å². The number of para-hydroxylation sites is 1. The largest absolute Gasteiger partial charge is 0.308 e. The molecule has 0 fully saturated rings. The third kappa shape index (κ3) is 3.36. The second-order valence-electron chi connectivity index (χ2n) is 10.9. The Morgan fingerprint density at radius 3 is 1.83 bits per heavy atom. The third-order valence-corrected chi connectivity index (χ3v) is 9.76. The maximum atomic E-state index is 2.50. The van der Waals surface area contributed by atoms with Crippen LogP contribution in [0.5, 0.6) is 0 Å². The molecule has 0 aliphatic heterocycles. The van der Waals surface area contributed by atoms with Crippen LogP contribution in [-0.4, -0.2) is 4.57 Å². The molecule has 0 aliphatic carbocycles. The molecule has 196 valence electrons. The number of hydrogen-bond donors (Lipinski definition) is 0. The van der Waals surface area contributed by atoms with Gasteiger partial charge in [-0.25, -0.2) is 0 Å². The fourth-order valence-electron chi connectivity index (χ4n) is 6.81. The van der Waals surface area contributed by atoms with Crippen molar-refractivity contribution in [3.8, 4) is 27.9 Å². The Morgan fingerprint density at radius 2 is 1.02 bits per heavy atom. The van der Waals surface area contributed by atoms with Crippen molar-refractivity contribution in [3.05, 3.63) is 152 Å². The van der Waals surface area contributed by atoms with Gasteiger partial charge < -0.3 is 4.57 Å². The third-order valence-electron chi connectivity index (χ3n) is 8.58. The molecule has 0 amide bonds. The summed E-state index contributed by atoms with van der Waals surface area (Å²) in [6, 6.07) is 55.2. The van der Waals surface area contributed by atoms with E-state index in [9.17, 15) is 0 Å². The maximum Gasteiger partial charge on any atom is 0.0726 e. The van der Waals surface area contributed by atoms with Gasteiger partial charge in [0, 0.05) is 31.9 Å². The van der Waals surface area contributed by atoms with E-state index in [2.05, 4.69) is 156 Å². The molecule has 2 heteroatoms. The first-order valence-corrected chi connectivity index (χ1v) is 15.2. The fourth-order valence-corrected chi connectivity index (χ4v) is 8.07. The minimum Gasteiger partial charge on any atom is -0.308 e. The highest BCUT2D eigenvalue weighted by atomic mass is 32.1. The monoisotopic (exact) mass is 551 g/mol. The zero-order valence-corrected chi connectivity index (χ0v) is 23.6. The van der Waals surface area contributed by atoms with Crippen molar-refractivity contribution in [1.29, 1.82) is 0 Å². The SMILES string of the molecule is c1ccc(-c2ccccc2-c2cccc(-n3c4ccccc4c4c5ccccc5c5c6ccccc6sc5c43)c2)cc1. The molecule has 9 aromatic rings. The van der Waals surface area contributed by atoms with Crippen molar-refractivity contribution < 1.29 is 0 Å². The predicted molar refractivity (Wildman–Crippen MR) is 182 cm³/mol. The average Bonchev–Trinajstić information content (AvgIpc) is 3.62. The van der Waals surface area contributed by atoms with E-state index in [1.807, 2.05) is 11.3 Å². The molecule has 0 atom stereocenters. The summed E-state index contributed by atoms with van der Waals surface area (Å²) < 4.78 is 5.17. The first-order chi connectivity index (χ1) is 20.9. The molecule has 0 saturated carbocycles. The molecule has 9 rings (SSSR count). The van der Waals surface area contributed by atoms with E-state index in [4.69, 9.17) is 0 Å². The summed E-state index contributed by atoms with van der Waals surface area (Å²) in [5, 5.41) is 7.94. The van der Waals surface area contributed by atoms with E-state index in [0.29, 0.717) is 0 Å². The Labute approximate surface area is 247 Å². The second-order valence-corrected chi connectivity index (χ2v) is 11.9. The predicted octanol–water partition coefficient (Wildman–Crippen LogP) is 11.6. The molecule has 7 aromatic carbocycles. The number of nitrogens with zero attached hydrogens (tertiary/aromatic N) is 1. The molecule has 2 aromatic heterocycles. The lowest BCUT2D eigenvalue weighted by Gasteiger charge is -2.14. The Kier molecular flexibility index (Phi) is 5.13. The number of hydrogen-bond acceptors (Lipinski definition) is 1. The standard InChI is InChI=1S/C40H25NS/c1-2-13-26(14-3-1)29-17-4-5-18-30(29)27-15-12-16-28(25-27)41-35-23-10-8-21-33(35)37-31-19-6-7-20-32(31)38-34-22-9-11-24-36(34)42-40(38)39(37)41/h1-25H. The van der Waals surface area contributed by atoms with Gasteiger partial charge in [-0.2, -0.15) is 0 Å². The highest BCUT2D eigenvalue weighted by molar-refractivity contribution is 7.27. The van der Waals surface area contributed by atoms with Gasteiger partial charge in [-0.15, -0.1) is 11.3 Å². The lowest BCUT2D eigenvalue weighted by atomic mass is 9.94. The summed E-state index contributed by atoms with van der Waals surface area (Å²) in [6.07, 6.45) is 0. The zero-order valence-electron chi connectivity index (χ0n) is 22.8. The molecule has 42 heavy (non-hydrogen) atoms.